The molecule has 0 amide bonds. The van der Waals surface area contributed by atoms with E-state index in [1.54, 1.807) is 18.2 Å². The van der Waals surface area contributed by atoms with E-state index in [1.807, 2.05) is 49.4 Å². The number of halogens is 2. The van der Waals surface area contributed by atoms with E-state index in [0.29, 0.717) is 11.3 Å². The molecule has 1 aliphatic rings. The third-order valence-electron chi connectivity index (χ3n) is 4.54. The van der Waals surface area contributed by atoms with Crippen LogP contribution in [0.4, 0.5) is 4.39 Å². The van der Waals surface area contributed by atoms with Gasteiger partial charge < -0.3 is 9.47 Å². The van der Waals surface area contributed by atoms with Crippen molar-refractivity contribution < 1.29 is 18.7 Å². The van der Waals surface area contributed by atoms with Crippen LogP contribution in [0.3, 0.4) is 0 Å². The van der Waals surface area contributed by atoms with E-state index in [9.17, 15) is 9.18 Å². The fraction of sp³-hybridized carbons (Fsp3) is 0.0833. The van der Waals surface area contributed by atoms with E-state index in [1.165, 1.54) is 12.1 Å². The average Bonchev–Trinajstić information content (AvgIpc) is 3.11. The fourth-order valence-electron chi connectivity index (χ4n) is 2.93. The molecule has 3 aromatic rings. The highest BCUT2D eigenvalue weighted by molar-refractivity contribution is 14.1. The maximum atomic E-state index is 13.1. The number of aliphatic imine (C=N–C) groups is 1. The summed E-state index contributed by atoms with van der Waals surface area (Å²) in [6.07, 6.45) is 1.65. The molecule has 0 saturated heterocycles. The number of esters is 1. The lowest BCUT2D eigenvalue weighted by molar-refractivity contribution is -0.129. The summed E-state index contributed by atoms with van der Waals surface area (Å²) >= 11 is 2.25. The van der Waals surface area contributed by atoms with Gasteiger partial charge in [-0.05, 0) is 83.1 Å². The number of cyclic esters (lactones) is 1. The van der Waals surface area contributed by atoms with Crippen molar-refractivity contribution in [3.05, 3.63) is 104 Å². The number of nitrogens with zero attached hydrogens (tertiary/aromatic N) is 1. The average molecular weight is 513 g/mol. The highest BCUT2D eigenvalue weighted by atomic mass is 127. The first-order chi connectivity index (χ1) is 14.5. The van der Waals surface area contributed by atoms with Gasteiger partial charge in [0.15, 0.2) is 5.70 Å². The maximum absolute atomic E-state index is 13.1. The number of rotatable bonds is 5. The second-order valence-corrected chi connectivity index (χ2v) is 7.92. The van der Waals surface area contributed by atoms with Crippen LogP contribution in [0.15, 0.2) is 77.4 Å². The molecular formula is C24H17FINO3. The van der Waals surface area contributed by atoms with Crippen molar-refractivity contribution in [2.45, 2.75) is 13.5 Å². The Labute approximate surface area is 187 Å². The second-order valence-electron chi connectivity index (χ2n) is 6.75. The summed E-state index contributed by atoms with van der Waals surface area (Å²) in [6.45, 7) is 2.27. The van der Waals surface area contributed by atoms with Crippen molar-refractivity contribution in [3.8, 4) is 5.75 Å². The number of benzene rings is 3. The highest BCUT2D eigenvalue weighted by Gasteiger charge is 2.24. The fourth-order valence-corrected chi connectivity index (χ4v) is 3.27. The predicted octanol–water partition coefficient (Wildman–Crippen LogP) is 5.66. The van der Waals surface area contributed by atoms with Gasteiger partial charge in [0.25, 0.3) is 0 Å². The zero-order valence-corrected chi connectivity index (χ0v) is 18.2. The molecule has 0 bridgehead atoms. The van der Waals surface area contributed by atoms with Crippen LogP contribution in [-0.2, 0) is 16.1 Å². The van der Waals surface area contributed by atoms with Gasteiger partial charge in [-0.15, -0.1) is 0 Å². The summed E-state index contributed by atoms with van der Waals surface area (Å²) in [4.78, 5) is 16.7. The van der Waals surface area contributed by atoms with Gasteiger partial charge in [0.05, 0.1) is 0 Å². The first-order valence-electron chi connectivity index (χ1n) is 9.25. The van der Waals surface area contributed by atoms with Gasteiger partial charge in [0, 0.05) is 14.7 Å². The molecule has 0 saturated carbocycles. The van der Waals surface area contributed by atoms with E-state index in [0.717, 1.165) is 20.3 Å². The molecule has 0 radical (unpaired) electrons. The van der Waals surface area contributed by atoms with Crippen molar-refractivity contribution in [1.29, 1.82) is 0 Å². The third kappa shape index (κ3) is 4.59. The summed E-state index contributed by atoms with van der Waals surface area (Å²) in [5.74, 6) is 0.0847. The first kappa shape index (κ1) is 20.3. The van der Waals surface area contributed by atoms with Crippen LogP contribution < -0.4 is 4.74 Å². The molecule has 0 unspecified atom stereocenters. The monoisotopic (exact) mass is 513 g/mol. The molecular weight excluding hydrogens is 496 g/mol. The lowest BCUT2D eigenvalue weighted by atomic mass is 10.1. The van der Waals surface area contributed by atoms with E-state index in [4.69, 9.17) is 9.47 Å². The maximum Gasteiger partial charge on any atom is 0.363 e. The van der Waals surface area contributed by atoms with E-state index in [2.05, 4.69) is 27.6 Å². The van der Waals surface area contributed by atoms with Crippen LogP contribution in [-0.4, -0.2) is 11.9 Å². The van der Waals surface area contributed by atoms with E-state index >= 15 is 0 Å². The molecule has 6 heteroatoms. The Hall–Kier alpha value is -3.00. The van der Waals surface area contributed by atoms with E-state index < -0.39 is 5.97 Å². The number of ether oxygens (including phenoxy) is 2. The zero-order valence-electron chi connectivity index (χ0n) is 16.1. The second kappa shape index (κ2) is 8.79. The lowest BCUT2D eigenvalue weighted by Gasteiger charge is -2.09. The Balaban J connectivity index is 1.58. The van der Waals surface area contributed by atoms with Gasteiger partial charge in [0.2, 0.25) is 5.90 Å². The molecule has 0 N–H and O–H groups in total. The quantitative estimate of drug-likeness (QED) is 0.251. The molecule has 3 aromatic carbocycles. The van der Waals surface area contributed by atoms with Gasteiger partial charge in [-0.2, -0.15) is 0 Å². The van der Waals surface area contributed by atoms with Crippen LogP contribution in [0.5, 0.6) is 5.75 Å². The van der Waals surface area contributed by atoms with Crippen molar-refractivity contribution in [2.24, 2.45) is 4.99 Å². The predicted molar refractivity (Wildman–Crippen MR) is 122 cm³/mol. The van der Waals surface area contributed by atoms with Gasteiger partial charge in [-0.3, -0.25) is 0 Å². The number of hydrogen-bond donors (Lipinski definition) is 0. The van der Waals surface area contributed by atoms with Crippen LogP contribution in [0, 0.1) is 16.3 Å². The largest absolute Gasteiger partial charge is 0.488 e. The topological polar surface area (TPSA) is 47.9 Å². The Morgan fingerprint density at radius 1 is 1.10 bits per heavy atom. The normalized spacial score (nSPS) is 14.6. The summed E-state index contributed by atoms with van der Waals surface area (Å²) in [5.41, 5.74) is 3.59. The smallest absolute Gasteiger partial charge is 0.363 e. The molecule has 1 heterocycles. The standard InChI is InChI=1S/C24H17FINO3/c1-15-12-18(8-11-20(15)26)23-27-21(24(28)30-23)13-17-4-2-3-5-22(17)29-14-16-6-9-19(25)10-7-16/h2-13H,14H2,1H3/b21-13-. The number of aryl methyl sites for hydroxylation is 1. The summed E-state index contributed by atoms with van der Waals surface area (Å²) in [5, 5.41) is 0. The SMILES string of the molecule is Cc1cc(C2=N/C(=C\c3ccccc3OCc3ccc(F)cc3)C(=O)O2)ccc1I. The van der Waals surface area contributed by atoms with Crippen molar-refractivity contribution in [1.82, 2.24) is 0 Å². The Morgan fingerprint density at radius 2 is 1.87 bits per heavy atom. The number of carbonyl (C=O) groups excluding carboxylic acids is 1. The van der Waals surface area contributed by atoms with Crippen LogP contribution in [0.25, 0.3) is 6.08 Å². The zero-order chi connectivity index (χ0) is 21.1. The van der Waals surface area contributed by atoms with Gasteiger partial charge in [0.1, 0.15) is 18.2 Å². The highest BCUT2D eigenvalue weighted by Crippen LogP contribution is 2.26. The summed E-state index contributed by atoms with van der Waals surface area (Å²) < 4.78 is 25.4. The molecule has 4 rings (SSSR count). The molecule has 1 aliphatic heterocycles. The van der Waals surface area contributed by atoms with Crippen LogP contribution in [0.1, 0.15) is 22.3 Å². The van der Waals surface area contributed by atoms with Crippen molar-refractivity contribution in [3.63, 3.8) is 0 Å². The third-order valence-corrected chi connectivity index (χ3v) is 5.75. The Bertz CT molecular complexity index is 1170. The molecule has 0 aliphatic carbocycles. The van der Waals surface area contributed by atoms with Crippen LogP contribution >= 0.6 is 22.6 Å². The van der Waals surface area contributed by atoms with Gasteiger partial charge in [-0.25, -0.2) is 14.2 Å². The Kier molecular flexibility index (Phi) is 5.94. The lowest BCUT2D eigenvalue weighted by Crippen LogP contribution is -2.05. The molecule has 150 valence electrons. The minimum atomic E-state index is -0.505. The van der Waals surface area contributed by atoms with E-state index in [-0.39, 0.29) is 24.0 Å². The van der Waals surface area contributed by atoms with Crippen molar-refractivity contribution >= 4 is 40.5 Å². The summed E-state index contributed by atoms with van der Waals surface area (Å²) in [6, 6.07) is 19.2. The Morgan fingerprint density at radius 3 is 2.63 bits per heavy atom. The number of carbonyl (C=O) groups is 1. The molecule has 0 fully saturated rings. The molecule has 4 nitrogen and oxygen atoms in total. The van der Waals surface area contributed by atoms with Crippen LogP contribution in [0.2, 0.25) is 0 Å². The number of hydrogen-bond acceptors (Lipinski definition) is 4. The summed E-state index contributed by atoms with van der Waals surface area (Å²) in [7, 11) is 0. The molecule has 0 aromatic heterocycles. The van der Waals surface area contributed by atoms with Crippen molar-refractivity contribution in [2.75, 3.05) is 0 Å². The first-order valence-corrected chi connectivity index (χ1v) is 10.3. The molecule has 30 heavy (non-hydrogen) atoms. The minimum Gasteiger partial charge on any atom is -0.488 e. The molecule has 0 atom stereocenters. The number of para-hydroxylation sites is 1. The molecule has 0 spiro atoms. The van der Waals surface area contributed by atoms with Gasteiger partial charge >= 0.3 is 5.97 Å². The minimum absolute atomic E-state index is 0.207. The van der Waals surface area contributed by atoms with Gasteiger partial charge in [-0.1, -0.05) is 30.3 Å².